The van der Waals surface area contributed by atoms with Gasteiger partial charge in [-0.15, -0.1) is 0 Å². The van der Waals surface area contributed by atoms with Crippen molar-refractivity contribution in [2.45, 2.75) is 18.9 Å². The molecule has 132 valence electrons. The molecule has 1 aromatic heterocycles. The molecule has 2 aromatic carbocycles. The fourth-order valence-corrected chi connectivity index (χ4v) is 3.22. The third kappa shape index (κ3) is 3.11. The molecule has 0 aliphatic carbocycles. The lowest BCUT2D eigenvalue weighted by molar-refractivity contribution is -0.144. The highest BCUT2D eigenvalue weighted by atomic mass is 35.5. The number of rotatable bonds is 3. The minimum Gasteiger partial charge on any atom is -0.463 e. The van der Waals surface area contributed by atoms with E-state index < -0.39 is 12.1 Å². The number of carbonyl (C=O) groups excluding carboxylic acids is 1. The number of esters is 1. The van der Waals surface area contributed by atoms with Gasteiger partial charge in [0.1, 0.15) is 17.6 Å². The molecule has 0 spiro atoms. The van der Waals surface area contributed by atoms with Crippen LogP contribution in [-0.2, 0) is 9.53 Å². The molecule has 0 N–H and O–H groups in total. The molecule has 1 unspecified atom stereocenters. The summed E-state index contributed by atoms with van der Waals surface area (Å²) in [6, 6.07) is 11.8. The van der Waals surface area contributed by atoms with Gasteiger partial charge in [0.05, 0.1) is 10.9 Å². The van der Waals surface area contributed by atoms with Gasteiger partial charge in [0, 0.05) is 23.3 Å². The number of carbonyl (C=O) groups is 1. The molecule has 1 aliphatic rings. The molecule has 1 aliphatic heterocycles. The van der Waals surface area contributed by atoms with Crippen LogP contribution in [0.5, 0.6) is 5.75 Å². The van der Waals surface area contributed by atoms with Crippen molar-refractivity contribution < 1.29 is 18.7 Å². The van der Waals surface area contributed by atoms with Crippen molar-refractivity contribution in [3.63, 3.8) is 0 Å². The average Bonchev–Trinajstić information content (AvgIpc) is 3.18. The molecular formula is C20H15ClO5. The summed E-state index contributed by atoms with van der Waals surface area (Å²) >= 11 is 6.18. The summed E-state index contributed by atoms with van der Waals surface area (Å²) in [5.74, 6) is -0.122. The Morgan fingerprint density at radius 1 is 1.15 bits per heavy atom. The Hall–Kier alpha value is -2.63. The van der Waals surface area contributed by atoms with Gasteiger partial charge in [0.15, 0.2) is 6.10 Å². The molecule has 1 saturated heterocycles. The maximum Gasteiger partial charge on any atom is 0.340 e. The first kappa shape index (κ1) is 16.8. The van der Waals surface area contributed by atoms with E-state index in [4.69, 9.17) is 25.5 Å². The van der Waals surface area contributed by atoms with Crippen LogP contribution in [-0.4, -0.2) is 18.7 Å². The van der Waals surface area contributed by atoms with Crippen molar-refractivity contribution in [1.29, 1.82) is 0 Å². The fraction of sp³-hybridized carbons (Fsp3) is 0.200. The SMILES string of the molecule is O=C(Oc1ccc2c(=O)c(-c3ccccc3Cl)coc2c1)C1CCCO1. The minimum atomic E-state index is -0.527. The zero-order chi connectivity index (χ0) is 18.1. The van der Waals surface area contributed by atoms with E-state index in [1.807, 2.05) is 0 Å². The van der Waals surface area contributed by atoms with E-state index >= 15 is 0 Å². The van der Waals surface area contributed by atoms with Crippen molar-refractivity contribution in [3.05, 3.63) is 64.0 Å². The quantitative estimate of drug-likeness (QED) is 0.510. The average molecular weight is 371 g/mol. The van der Waals surface area contributed by atoms with Crippen molar-refractivity contribution in [1.82, 2.24) is 0 Å². The number of hydrogen-bond donors (Lipinski definition) is 0. The van der Waals surface area contributed by atoms with Crippen LogP contribution in [0.4, 0.5) is 0 Å². The first-order chi connectivity index (χ1) is 12.6. The normalized spacial score (nSPS) is 16.7. The molecular weight excluding hydrogens is 356 g/mol. The van der Waals surface area contributed by atoms with Gasteiger partial charge in [0.2, 0.25) is 5.43 Å². The molecule has 2 heterocycles. The van der Waals surface area contributed by atoms with E-state index in [1.165, 1.54) is 12.3 Å². The highest BCUT2D eigenvalue weighted by Crippen LogP contribution is 2.28. The molecule has 0 amide bonds. The van der Waals surface area contributed by atoms with E-state index in [9.17, 15) is 9.59 Å². The first-order valence-electron chi connectivity index (χ1n) is 8.27. The summed E-state index contributed by atoms with van der Waals surface area (Å²) in [6.07, 6.45) is 2.34. The molecule has 26 heavy (non-hydrogen) atoms. The third-order valence-corrected chi connectivity index (χ3v) is 4.65. The van der Waals surface area contributed by atoms with Crippen LogP contribution in [0.2, 0.25) is 5.02 Å². The second kappa shape index (κ2) is 6.94. The molecule has 6 heteroatoms. The van der Waals surface area contributed by atoms with Crippen LogP contribution in [0, 0.1) is 0 Å². The zero-order valence-corrected chi connectivity index (χ0v) is 14.5. The summed E-state index contributed by atoms with van der Waals surface area (Å²) in [7, 11) is 0. The van der Waals surface area contributed by atoms with Crippen molar-refractivity contribution in [2.24, 2.45) is 0 Å². The number of hydrogen-bond acceptors (Lipinski definition) is 5. The monoisotopic (exact) mass is 370 g/mol. The predicted molar refractivity (Wildman–Crippen MR) is 97.5 cm³/mol. The van der Waals surface area contributed by atoms with E-state index in [1.54, 1.807) is 36.4 Å². The van der Waals surface area contributed by atoms with E-state index in [-0.39, 0.29) is 5.43 Å². The summed E-state index contributed by atoms with van der Waals surface area (Å²) in [5.41, 5.74) is 1.13. The summed E-state index contributed by atoms with van der Waals surface area (Å²) in [5, 5.41) is 0.862. The van der Waals surface area contributed by atoms with Gasteiger partial charge in [-0.05, 0) is 31.0 Å². The van der Waals surface area contributed by atoms with Gasteiger partial charge >= 0.3 is 5.97 Å². The van der Waals surface area contributed by atoms with Crippen molar-refractivity contribution >= 4 is 28.5 Å². The van der Waals surface area contributed by atoms with Crippen LogP contribution in [0.1, 0.15) is 12.8 Å². The Labute approximate surface area is 154 Å². The number of benzene rings is 2. The minimum absolute atomic E-state index is 0.198. The van der Waals surface area contributed by atoms with Gasteiger partial charge in [-0.3, -0.25) is 4.79 Å². The highest BCUT2D eigenvalue weighted by Gasteiger charge is 2.25. The van der Waals surface area contributed by atoms with Gasteiger partial charge < -0.3 is 13.9 Å². The Morgan fingerprint density at radius 2 is 2.00 bits per heavy atom. The largest absolute Gasteiger partial charge is 0.463 e. The molecule has 3 aromatic rings. The highest BCUT2D eigenvalue weighted by molar-refractivity contribution is 6.33. The van der Waals surface area contributed by atoms with Gasteiger partial charge in [-0.2, -0.15) is 0 Å². The lowest BCUT2D eigenvalue weighted by Crippen LogP contribution is -2.24. The topological polar surface area (TPSA) is 65.7 Å². The number of halogens is 1. The second-order valence-corrected chi connectivity index (χ2v) is 6.45. The lowest BCUT2D eigenvalue weighted by Gasteiger charge is -2.10. The maximum absolute atomic E-state index is 12.8. The van der Waals surface area contributed by atoms with Crippen LogP contribution in [0.15, 0.2) is 57.9 Å². The van der Waals surface area contributed by atoms with E-state index in [2.05, 4.69) is 0 Å². The summed E-state index contributed by atoms with van der Waals surface area (Å²) in [4.78, 5) is 24.8. The molecule has 0 radical (unpaired) electrons. The zero-order valence-electron chi connectivity index (χ0n) is 13.7. The van der Waals surface area contributed by atoms with E-state index in [0.29, 0.717) is 45.9 Å². The predicted octanol–water partition coefficient (Wildman–Crippen LogP) is 4.20. The molecule has 5 nitrogen and oxygen atoms in total. The van der Waals surface area contributed by atoms with Crippen molar-refractivity contribution in [2.75, 3.05) is 6.61 Å². The first-order valence-corrected chi connectivity index (χ1v) is 8.65. The Balaban J connectivity index is 1.68. The number of ether oxygens (including phenoxy) is 2. The second-order valence-electron chi connectivity index (χ2n) is 6.04. The van der Waals surface area contributed by atoms with Crippen molar-refractivity contribution in [3.8, 4) is 16.9 Å². The summed E-state index contributed by atoms with van der Waals surface area (Å²) < 4.78 is 16.2. The number of fused-ring (bicyclic) bond motifs is 1. The molecule has 4 rings (SSSR count). The lowest BCUT2D eigenvalue weighted by atomic mass is 10.1. The summed E-state index contributed by atoms with van der Waals surface area (Å²) in [6.45, 7) is 0.567. The molecule has 0 bridgehead atoms. The smallest absolute Gasteiger partial charge is 0.340 e. The van der Waals surface area contributed by atoms with Gasteiger partial charge in [0.25, 0.3) is 0 Å². The Bertz CT molecular complexity index is 1030. The fourth-order valence-electron chi connectivity index (χ4n) is 2.98. The molecule has 0 saturated carbocycles. The van der Waals surface area contributed by atoms with Gasteiger partial charge in [-0.25, -0.2) is 4.79 Å². The Morgan fingerprint density at radius 3 is 2.77 bits per heavy atom. The van der Waals surface area contributed by atoms with Crippen LogP contribution >= 0.6 is 11.6 Å². The van der Waals surface area contributed by atoms with Gasteiger partial charge in [-0.1, -0.05) is 29.8 Å². The van der Waals surface area contributed by atoms with Crippen LogP contribution in [0.3, 0.4) is 0 Å². The standard InChI is InChI=1S/C20H15ClO5/c21-16-5-2-1-4-13(16)15-11-25-18-10-12(7-8-14(18)19(15)22)26-20(23)17-6-3-9-24-17/h1-2,4-5,7-8,10-11,17H,3,6,9H2. The third-order valence-electron chi connectivity index (χ3n) is 4.32. The Kier molecular flexibility index (Phi) is 4.49. The van der Waals surface area contributed by atoms with Crippen LogP contribution in [0.25, 0.3) is 22.1 Å². The molecule has 1 atom stereocenters. The molecule has 1 fully saturated rings. The van der Waals surface area contributed by atoms with E-state index in [0.717, 1.165) is 6.42 Å². The van der Waals surface area contributed by atoms with Crippen LogP contribution < -0.4 is 10.2 Å². The maximum atomic E-state index is 12.8.